The standard InChI is InChI=1S/C32H41N3O7/c1-3-11-21(2)34-17-9-5-8-14-25(37)41-20-23(22-12-6-4-7-13-22)33-29(38)26-24-15-16-32(42-24)27(26)30(39)35(18-10-19-36)28(32)31(34)40/h4-7,9,12-13,15-16,21,23-24,26-28,36H,3,8,10-11,14,17-20H2,1-2H3,(H,33,38)/b9-5-/t21?,23-,24-,26+,27+,28-,32+/m0/s1. The van der Waals surface area contributed by atoms with Crippen molar-refractivity contribution in [2.75, 3.05) is 26.3 Å². The molecule has 0 saturated carbocycles. The molecule has 4 aliphatic heterocycles. The van der Waals surface area contributed by atoms with Crippen molar-refractivity contribution in [2.24, 2.45) is 11.8 Å². The molecule has 226 valence electrons. The molecule has 2 N–H and O–H groups in total. The molecule has 1 unspecified atom stereocenters. The number of cyclic esters (lactones) is 1. The first-order chi connectivity index (χ1) is 20.3. The van der Waals surface area contributed by atoms with Crippen molar-refractivity contribution in [2.45, 2.75) is 75.8 Å². The second-order valence-electron chi connectivity index (χ2n) is 11.6. The highest BCUT2D eigenvalue weighted by molar-refractivity contribution is 6.00. The largest absolute Gasteiger partial charge is 0.463 e. The van der Waals surface area contributed by atoms with Crippen LogP contribution in [0.2, 0.25) is 0 Å². The van der Waals surface area contributed by atoms with Crippen molar-refractivity contribution < 1.29 is 33.8 Å². The van der Waals surface area contributed by atoms with Crippen molar-refractivity contribution >= 4 is 23.7 Å². The number of rotatable bonds is 7. The van der Waals surface area contributed by atoms with Gasteiger partial charge in [0.2, 0.25) is 17.7 Å². The van der Waals surface area contributed by atoms with E-state index in [1.165, 1.54) is 4.90 Å². The Morgan fingerprint density at radius 2 is 1.90 bits per heavy atom. The first-order valence-electron chi connectivity index (χ1n) is 15.1. The normalized spacial score (nSPS) is 33.0. The Morgan fingerprint density at radius 3 is 2.64 bits per heavy atom. The van der Waals surface area contributed by atoms with Crippen LogP contribution in [0.1, 0.15) is 57.6 Å². The number of hydrogen-bond acceptors (Lipinski definition) is 7. The number of likely N-dealkylation sites (tertiary alicyclic amines) is 1. The van der Waals surface area contributed by atoms with Crippen LogP contribution in [0.5, 0.6) is 0 Å². The zero-order chi connectivity index (χ0) is 29.9. The summed E-state index contributed by atoms with van der Waals surface area (Å²) >= 11 is 0. The van der Waals surface area contributed by atoms with Gasteiger partial charge in [-0.2, -0.15) is 0 Å². The molecule has 5 bridgehead atoms. The molecule has 10 nitrogen and oxygen atoms in total. The molecule has 4 heterocycles. The number of aliphatic hydroxyl groups is 1. The van der Waals surface area contributed by atoms with Gasteiger partial charge >= 0.3 is 5.97 Å². The second-order valence-corrected chi connectivity index (χ2v) is 11.6. The molecule has 42 heavy (non-hydrogen) atoms. The van der Waals surface area contributed by atoms with Crippen molar-refractivity contribution in [1.29, 1.82) is 0 Å². The topological polar surface area (TPSA) is 125 Å². The van der Waals surface area contributed by atoms with E-state index >= 15 is 0 Å². The fourth-order valence-corrected chi connectivity index (χ4v) is 6.88. The third kappa shape index (κ3) is 5.49. The fourth-order valence-electron chi connectivity index (χ4n) is 6.88. The first kappa shape index (κ1) is 30.0. The van der Waals surface area contributed by atoms with Gasteiger partial charge < -0.3 is 29.7 Å². The Bertz CT molecular complexity index is 1230. The Hall–Kier alpha value is -3.50. The van der Waals surface area contributed by atoms with Crippen molar-refractivity contribution in [1.82, 2.24) is 15.1 Å². The van der Waals surface area contributed by atoms with E-state index in [0.29, 0.717) is 19.4 Å². The Labute approximate surface area is 246 Å². The predicted octanol–water partition coefficient (Wildman–Crippen LogP) is 2.29. The molecule has 10 heteroatoms. The zero-order valence-corrected chi connectivity index (χ0v) is 24.3. The molecule has 3 amide bonds. The van der Waals surface area contributed by atoms with Gasteiger partial charge in [0.05, 0.1) is 24.0 Å². The Morgan fingerprint density at radius 1 is 1.12 bits per heavy atom. The maximum atomic E-state index is 14.5. The lowest BCUT2D eigenvalue weighted by Crippen LogP contribution is -2.57. The molecular formula is C32H41N3O7. The number of benzene rings is 1. The van der Waals surface area contributed by atoms with Crippen LogP contribution in [0.15, 0.2) is 54.6 Å². The van der Waals surface area contributed by atoms with E-state index in [1.807, 2.05) is 49.4 Å². The molecule has 0 aromatic heterocycles. The summed E-state index contributed by atoms with van der Waals surface area (Å²) in [7, 11) is 0. The SMILES string of the molecule is CCCC(C)N1C/C=C\CCC(=O)OC[C@@H](c2ccccc2)NC(=O)[C@@H]2[C@@H]3C=C[C@]4(O3)[C@H](C1=O)N(CCCO)C(=O)[C@@H]24. The average Bonchev–Trinajstić information content (AvgIpc) is 3.63. The van der Waals surface area contributed by atoms with E-state index in [2.05, 4.69) is 12.2 Å². The lowest BCUT2D eigenvalue weighted by molar-refractivity contribution is -0.149. The monoisotopic (exact) mass is 579 g/mol. The van der Waals surface area contributed by atoms with Gasteiger partial charge in [-0.15, -0.1) is 0 Å². The zero-order valence-electron chi connectivity index (χ0n) is 24.3. The number of aliphatic hydroxyl groups excluding tert-OH is 1. The van der Waals surface area contributed by atoms with Crippen LogP contribution in [0, 0.1) is 11.8 Å². The van der Waals surface area contributed by atoms with Crippen LogP contribution in [-0.2, 0) is 28.7 Å². The van der Waals surface area contributed by atoms with Gasteiger partial charge in [-0.3, -0.25) is 19.2 Å². The average molecular weight is 580 g/mol. The summed E-state index contributed by atoms with van der Waals surface area (Å²) in [6.07, 6.45) is 9.21. The Kier molecular flexibility index (Phi) is 9.13. The highest BCUT2D eigenvalue weighted by Gasteiger charge is 2.73. The molecule has 1 aromatic rings. The van der Waals surface area contributed by atoms with Crippen LogP contribution >= 0.6 is 0 Å². The fraction of sp³-hybridized carbons (Fsp3) is 0.562. The minimum Gasteiger partial charge on any atom is -0.463 e. The first-order valence-corrected chi connectivity index (χ1v) is 15.1. The second kappa shape index (κ2) is 12.8. The summed E-state index contributed by atoms with van der Waals surface area (Å²) < 4.78 is 12.1. The highest BCUT2D eigenvalue weighted by Crippen LogP contribution is 2.55. The van der Waals surface area contributed by atoms with E-state index in [1.54, 1.807) is 17.1 Å². The van der Waals surface area contributed by atoms with Gasteiger partial charge in [-0.25, -0.2) is 0 Å². The van der Waals surface area contributed by atoms with Crippen molar-refractivity contribution in [3.05, 3.63) is 60.2 Å². The number of carbonyl (C=O) groups excluding carboxylic acids is 4. The summed E-state index contributed by atoms with van der Waals surface area (Å²) in [4.78, 5) is 58.4. The van der Waals surface area contributed by atoms with Crippen LogP contribution < -0.4 is 5.32 Å². The van der Waals surface area contributed by atoms with E-state index in [4.69, 9.17) is 9.47 Å². The quantitative estimate of drug-likeness (QED) is 0.375. The number of amides is 3. The van der Waals surface area contributed by atoms with Gasteiger partial charge in [0.1, 0.15) is 18.2 Å². The maximum Gasteiger partial charge on any atom is 0.306 e. The van der Waals surface area contributed by atoms with Crippen LogP contribution in [0.4, 0.5) is 0 Å². The van der Waals surface area contributed by atoms with E-state index in [9.17, 15) is 24.3 Å². The van der Waals surface area contributed by atoms with Gasteiger partial charge in [-0.05, 0) is 31.7 Å². The van der Waals surface area contributed by atoms with Gasteiger partial charge in [0.25, 0.3) is 0 Å². The van der Waals surface area contributed by atoms with Crippen LogP contribution in [0.3, 0.4) is 0 Å². The van der Waals surface area contributed by atoms with E-state index < -0.39 is 41.5 Å². The molecule has 5 rings (SSSR count). The van der Waals surface area contributed by atoms with Crippen LogP contribution in [0.25, 0.3) is 0 Å². The lowest BCUT2D eigenvalue weighted by Gasteiger charge is -2.38. The molecule has 1 aromatic carbocycles. The summed E-state index contributed by atoms with van der Waals surface area (Å²) in [6, 6.07) is 7.54. The minimum absolute atomic E-state index is 0.0534. The summed E-state index contributed by atoms with van der Waals surface area (Å²) in [5, 5.41) is 12.6. The highest BCUT2D eigenvalue weighted by atomic mass is 16.5. The molecule has 4 aliphatic rings. The predicted molar refractivity (Wildman–Crippen MR) is 154 cm³/mol. The van der Waals surface area contributed by atoms with Gasteiger partial charge in [0.15, 0.2) is 0 Å². The summed E-state index contributed by atoms with van der Waals surface area (Å²) in [5.74, 6) is -3.11. The third-order valence-corrected chi connectivity index (χ3v) is 8.90. The lowest BCUT2D eigenvalue weighted by atomic mass is 9.74. The van der Waals surface area contributed by atoms with Gasteiger partial charge in [0, 0.05) is 32.2 Å². The van der Waals surface area contributed by atoms with Crippen molar-refractivity contribution in [3.63, 3.8) is 0 Å². The molecule has 0 radical (unpaired) electrons. The number of allylic oxidation sites excluding steroid dienone is 1. The van der Waals surface area contributed by atoms with Crippen molar-refractivity contribution in [3.8, 4) is 0 Å². The molecular weight excluding hydrogens is 538 g/mol. The summed E-state index contributed by atoms with van der Waals surface area (Å²) in [5.41, 5.74) is -0.519. The number of carbonyl (C=O) groups is 4. The third-order valence-electron chi connectivity index (χ3n) is 8.90. The number of hydrogen-bond donors (Lipinski definition) is 2. The number of ether oxygens (including phenoxy) is 2. The molecule has 1 spiro atoms. The number of nitrogens with zero attached hydrogens (tertiary/aromatic N) is 2. The van der Waals surface area contributed by atoms with E-state index in [0.717, 1.165) is 18.4 Å². The summed E-state index contributed by atoms with van der Waals surface area (Å²) in [6.45, 7) is 4.33. The molecule has 0 aliphatic carbocycles. The Balaban J connectivity index is 1.55. The van der Waals surface area contributed by atoms with E-state index in [-0.39, 0.29) is 50.0 Å². The smallest absolute Gasteiger partial charge is 0.306 e. The number of esters is 1. The number of fused-ring (bicyclic) bond motifs is 2. The minimum atomic E-state index is -1.28. The molecule has 2 saturated heterocycles. The molecule has 7 atom stereocenters. The maximum absolute atomic E-state index is 14.5. The molecule has 2 fully saturated rings. The van der Waals surface area contributed by atoms with Crippen LogP contribution in [-0.4, -0.2) is 88.7 Å². The number of nitrogens with one attached hydrogen (secondary N) is 1. The van der Waals surface area contributed by atoms with Gasteiger partial charge in [-0.1, -0.05) is 68.0 Å².